The highest BCUT2D eigenvalue weighted by atomic mass is 14.5. The van der Waals surface area contributed by atoms with Crippen molar-refractivity contribution < 1.29 is 0 Å². The number of nitrogens with one attached hydrogen (secondary N) is 1. The molecule has 0 bridgehead atoms. The minimum absolute atomic E-state index is 0.484. The first-order chi connectivity index (χ1) is 28.7. The fraction of sp³-hybridized carbons (Fsp3) is 0.0179. The largest absolute Gasteiger partial charge is 0.327 e. The number of fused-ring (bicyclic) bond motifs is 4. The van der Waals surface area contributed by atoms with E-state index in [0.29, 0.717) is 12.3 Å². The van der Waals surface area contributed by atoms with Crippen molar-refractivity contribution in [2.45, 2.75) is 0 Å². The molecule has 0 aromatic heterocycles. The zero-order valence-corrected chi connectivity index (χ0v) is 32.0. The Morgan fingerprint density at radius 1 is 0.466 bits per heavy atom. The predicted octanol–water partition coefficient (Wildman–Crippen LogP) is 14.3. The summed E-state index contributed by atoms with van der Waals surface area (Å²) in [6, 6.07) is 59.9. The van der Waals surface area contributed by atoms with Gasteiger partial charge in [-0.1, -0.05) is 194 Å². The summed E-state index contributed by atoms with van der Waals surface area (Å²) in [4.78, 5) is 0. The molecule has 2 aliphatic carbocycles. The number of nitrogens with two attached hydrogens (primary N) is 1. The molecule has 2 nitrogen and oxygen atoms in total. The van der Waals surface area contributed by atoms with Crippen LogP contribution in [0.4, 0.5) is 0 Å². The maximum Gasteiger partial charge on any atom is 0.0618 e. The van der Waals surface area contributed by atoms with E-state index >= 15 is 0 Å². The molecule has 0 saturated heterocycles. The topological polar surface area (TPSA) is 49.9 Å². The maximum atomic E-state index is 8.47. The molecule has 0 unspecified atom stereocenters. The summed E-state index contributed by atoms with van der Waals surface area (Å²) >= 11 is 0. The van der Waals surface area contributed by atoms with Crippen molar-refractivity contribution in [1.29, 1.82) is 5.41 Å². The highest BCUT2D eigenvalue weighted by Crippen LogP contribution is 2.58. The lowest BCUT2D eigenvalue weighted by Gasteiger charge is -2.20. The number of rotatable bonds is 8. The van der Waals surface area contributed by atoms with Gasteiger partial charge in [-0.2, -0.15) is 0 Å². The molecule has 0 saturated carbocycles. The molecule has 0 atom stereocenters. The van der Waals surface area contributed by atoms with Gasteiger partial charge in [-0.05, 0) is 123 Å². The van der Waals surface area contributed by atoms with Gasteiger partial charge in [-0.25, -0.2) is 0 Å². The maximum absolute atomic E-state index is 8.47. The first kappa shape index (κ1) is 35.1. The monoisotopic (exact) mass is 740 g/mol. The van der Waals surface area contributed by atoms with Crippen LogP contribution < -0.4 is 5.73 Å². The molecule has 0 heterocycles. The van der Waals surface area contributed by atoms with Gasteiger partial charge < -0.3 is 11.1 Å². The van der Waals surface area contributed by atoms with E-state index in [1.165, 1.54) is 82.7 Å². The Labute approximate surface area is 339 Å². The molecule has 0 amide bonds. The minimum atomic E-state index is 0.484. The summed E-state index contributed by atoms with van der Waals surface area (Å²) in [6.07, 6.45) is 15.8. The second-order valence-corrected chi connectivity index (χ2v) is 14.9. The van der Waals surface area contributed by atoms with E-state index < -0.39 is 0 Å². The van der Waals surface area contributed by atoms with E-state index in [0.717, 1.165) is 22.3 Å². The van der Waals surface area contributed by atoms with Crippen LogP contribution in [0, 0.1) is 5.41 Å². The van der Waals surface area contributed by atoms with Crippen LogP contribution in [-0.2, 0) is 0 Å². The molecule has 2 aliphatic rings. The summed E-state index contributed by atoms with van der Waals surface area (Å²) in [5.41, 5.74) is 24.0. The Morgan fingerprint density at radius 3 is 1.72 bits per heavy atom. The molecule has 274 valence electrons. The molecule has 0 radical (unpaired) electrons. The fourth-order valence-corrected chi connectivity index (χ4v) is 8.84. The third-order valence-corrected chi connectivity index (χ3v) is 11.4. The van der Waals surface area contributed by atoms with Gasteiger partial charge >= 0.3 is 0 Å². The number of benzene rings is 8. The van der Waals surface area contributed by atoms with Crippen molar-refractivity contribution in [2.24, 2.45) is 5.73 Å². The zero-order chi connectivity index (χ0) is 39.0. The molecule has 2 heteroatoms. The summed E-state index contributed by atoms with van der Waals surface area (Å²) in [7, 11) is 0. The highest BCUT2D eigenvalue weighted by molar-refractivity contribution is 6.28. The van der Waals surface area contributed by atoms with Gasteiger partial charge in [-0.15, -0.1) is 0 Å². The molecule has 58 heavy (non-hydrogen) atoms. The van der Waals surface area contributed by atoms with Crippen molar-refractivity contribution >= 4 is 33.3 Å². The van der Waals surface area contributed by atoms with Gasteiger partial charge in [0, 0.05) is 6.54 Å². The van der Waals surface area contributed by atoms with Crippen LogP contribution in [-0.4, -0.2) is 12.3 Å². The molecule has 3 N–H and O–H groups in total. The second-order valence-electron chi connectivity index (χ2n) is 14.9. The molecular formula is C56H40N2. The Morgan fingerprint density at radius 2 is 1.03 bits per heavy atom. The van der Waals surface area contributed by atoms with Crippen LogP contribution in [0.3, 0.4) is 0 Å². The Bertz CT molecular complexity index is 2990. The van der Waals surface area contributed by atoms with Gasteiger partial charge in [0.25, 0.3) is 0 Å². The van der Waals surface area contributed by atoms with Crippen LogP contribution in [0.1, 0.15) is 5.56 Å². The molecule has 8 aromatic rings. The van der Waals surface area contributed by atoms with Crippen LogP contribution >= 0.6 is 0 Å². The fourth-order valence-electron chi connectivity index (χ4n) is 8.84. The Hall–Kier alpha value is -7.39. The quantitative estimate of drug-likeness (QED) is 0.160. The standard InChI is InChI=1S/C56H40N2/c57-33-13-16-38-29-30-39(51(58)35-38)21-9-14-37-15-10-22-42(34-37)43-23-11-24-44(36-43)45-31-32-50-54-46(45)27-12-28-49(54)55-52(40-17-3-1-4-18-40)47-25-7-8-26-48(47)53(56(50)55)41-19-5-2-6-20-41/h1-32,34-36,58H,33,57H2/b14-9+,16-13-,39-21-,58-51?. The predicted molar refractivity (Wildman–Crippen MR) is 248 cm³/mol. The van der Waals surface area contributed by atoms with Crippen molar-refractivity contribution in [1.82, 2.24) is 0 Å². The molecular weight excluding hydrogens is 701 g/mol. The SMILES string of the molecule is N=C1C=C(/C=C\CN)C=C/C1=C/C=C/c1cccc(-c2cccc(-c3ccc4c5c(cccc35)-c3c-4c(-c4ccccc4)c4ccccc4c3-c3ccccc3)c2)c1. The van der Waals surface area contributed by atoms with Gasteiger partial charge in [-0.3, -0.25) is 0 Å². The van der Waals surface area contributed by atoms with E-state index in [1.54, 1.807) is 0 Å². The van der Waals surface area contributed by atoms with Crippen LogP contribution in [0.15, 0.2) is 217 Å². The lowest BCUT2D eigenvalue weighted by atomic mass is 9.82. The van der Waals surface area contributed by atoms with Crippen molar-refractivity contribution in [2.75, 3.05) is 6.54 Å². The first-order valence-electron chi connectivity index (χ1n) is 19.9. The second kappa shape index (κ2) is 14.9. The Balaban J connectivity index is 1.06. The first-order valence-corrected chi connectivity index (χ1v) is 19.9. The van der Waals surface area contributed by atoms with E-state index in [2.05, 4.69) is 170 Å². The van der Waals surface area contributed by atoms with E-state index in [4.69, 9.17) is 11.1 Å². The summed E-state index contributed by atoms with van der Waals surface area (Å²) < 4.78 is 0. The van der Waals surface area contributed by atoms with Gasteiger partial charge in [0.15, 0.2) is 0 Å². The van der Waals surface area contributed by atoms with Crippen molar-refractivity contribution in [3.8, 4) is 66.8 Å². The highest BCUT2D eigenvalue weighted by Gasteiger charge is 2.31. The molecule has 0 spiro atoms. The van der Waals surface area contributed by atoms with E-state index in [-0.39, 0.29) is 0 Å². The minimum Gasteiger partial charge on any atom is -0.327 e. The van der Waals surface area contributed by atoms with Crippen LogP contribution in [0.25, 0.3) is 94.4 Å². The third kappa shape index (κ3) is 6.17. The lowest BCUT2D eigenvalue weighted by molar-refractivity contribution is 1.25. The average molecular weight is 741 g/mol. The molecule has 0 fully saturated rings. The molecule has 10 rings (SSSR count). The Kier molecular flexibility index (Phi) is 9.02. The zero-order valence-electron chi connectivity index (χ0n) is 32.0. The molecule has 0 aliphatic heterocycles. The van der Waals surface area contributed by atoms with Gasteiger partial charge in [0.1, 0.15) is 0 Å². The van der Waals surface area contributed by atoms with E-state index in [1.807, 2.05) is 42.5 Å². The van der Waals surface area contributed by atoms with E-state index in [9.17, 15) is 0 Å². The summed E-state index contributed by atoms with van der Waals surface area (Å²) in [5.74, 6) is 0. The van der Waals surface area contributed by atoms with Crippen molar-refractivity contribution in [3.05, 3.63) is 223 Å². The summed E-state index contributed by atoms with van der Waals surface area (Å²) in [5, 5.41) is 13.6. The number of hydrogen-bond acceptors (Lipinski definition) is 2. The van der Waals surface area contributed by atoms with Gasteiger partial charge in [0.2, 0.25) is 0 Å². The van der Waals surface area contributed by atoms with Gasteiger partial charge in [0.05, 0.1) is 5.71 Å². The number of hydrogen-bond donors (Lipinski definition) is 2. The van der Waals surface area contributed by atoms with Crippen LogP contribution in [0.2, 0.25) is 0 Å². The lowest BCUT2D eigenvalue weighted by Crippen LogP contribution is -2.00. The third-order valence-electron chi connectivity index (χ3n) is 11.4. The molecule has 8 aromatic carbocycles. The number of allylic oxidation sites excluding steroid dienone is 8. The normalized spacial score (nSPS) is 14.0. The smallest absolute Gasteiger partial charge is 0.0618 e. The van der Waals surface area contributed by atoms with Crippen molar-refractivity contribution in [3.63, 3.8) is 0 Å². The average Bonchev–Trinajstić information content (AvgIpc) is 3.61. The summed E-state index contributed by atoms with van der Waals surface area (Å²) in [6.45, 7) is 0.484. The van der Waals surface area contributed by atoms with Crippen LogP contribution in [0.5, 0.6) is 0 Å².